The second-order valence-corrected chi connectivity index (χ2v) is 9.14. The largest absolute Gasteiger partial charge is 0.497 e. The van der Waals surface area contributed by atoms with Gasteiger partial charge in [0.05, 0.1) is 12.9 Å². The van der Waals surface area contributed by atoms with E-state index >= 15 is 0 Å². The molecule has 2 amide bonds. The summed E-state index contributed by atoms with van der Waals surface area (Å²) >= 11 is 1.46. The lowest BCUT2D eigenvalue weighted by Crippen LogP contribution is -2.50. The van der Waals surface area contributed by atoms with Crippen LogP contribution in [-0.4, -0.2) is 41.7 Å². The van der Waals surface area contributed by atoms with Crippen molar-refractivity contribution in [3.63, 3.8) is 0 Å². The zero-order valence-electron chi connectivity index (χ0n) is 18.7. The van der Waals surface area contributed by atoms with Crippen LogP contribution in [0, 0.1) is 5.82 Å². The van der Waals surface area contributed by atoms with Gasteiger partial charge >= 0.3 is 0 Å². The maximum atomic E-state index is 13.2. The van der Waals surface area contributed by atoms with E-state index in [0.29, 0.717) is 18.0 Å². The molecule has 172 valence electrons. The Kier molecular flexibility index (Phi) is 8.97. The highest BCUT2D eigenvalue weighted by atomic mass is 32.2. The van der Waals surface area contributed by atoms with Crippen molar-refractivity contribution in [2.75, 3.05) is 12.9 Å². The number of nitrogens with one attached hydrogen (secondary N) is 1. The number of amides is 2. The van der Waals surface area contributed by atoms with Gasteiger partial charge < -0.3 is 15.0 Å². The highest BCUT2D eigenvalue weighted by Gasteiger charge is 2.28. The zero-order chi connectivity index (χ0) is 22.9. The Labute approximate surface area is 193 Å². The quantitative estimate of drug-likeness (QED) is 0.568. The number of methoxy groups -OCH3 is 1. The molecule has 2 aromatic rings. The molecule has 0 saturated heterocycles. The fourth-order valence-electron chi connectivity index (χ4n) is 3.86. The van der Waals surface area contributed by atoms with Gasteiger partial charge in [-0.1, -0.05) is 37.1 Å². The van der Waals surface area contributed by atoms with Crippen LogP contribution in [0.5, 0.6) is 5.75 Å². The lowest BCUT2D eigenvalue weighted by atomic mass is 10.1. The molecule has 3 rings (SSSR count). The summed E-state index contributed by atoms with van der Waals surface area (Å²) in [6.07, 6.45) is 4.25. The molecule has 1 unspecified atom stereocenters. The Morgan fingerprint density at radius 1 is 1.16 bits per heavy atom. The SMILES string of the molecule is COc1cccc(CN(C(=O)CSCc2ccc(F)cc2)C(C)C(=O)NC2CCCC2)c1. The first-order valence-electron chi connectivity index (χ1n) is 11.0. The molecule has 1 aliphatic rings. The fraction of sp³-hybridized carbons (Fsp3) is 0.440. The van der Waals surface area contributed by atoms with E-state index in [-0.39, 0.29) is 29.4 Å². The maximum absolute atomic E-state index is 13.2. The first-order chi connectivity index (χ1) is 15.5. The zero-order valence-corrected chi connectivity index (χ0v) is 19.5. The summed E-state index contributed by atoms with van der Waals surface area (Å²) in [5.41, 5.74) is 1.86. The third-order valence-electron chi connectivity index (χ3n) is 5.76. The lowest BCUT2D eigenvalue weighted by Gasteiger charge is -2.29. The van der Waals surface area contributed by atoms with E-state index in [1.165, 1.54) is 23.9 Å². The summed E-state index contributed by atoms with van der Waals surface area (Å²) in [6, 6.07) is 13.4. The Hall–Kier alpha value is -2.54. The molecule has 0 aromatic heterocycles. The highest BCUT2D eigenvalue weighted by Crippen LogP contribution is 2.21. The molecule has 7 heteroatoms. The van der Waals surface area contributed by atoms with Crippen LogP contribution in [0.1, 0.15) is 43.7 Å². The van der Waals surface area contributed by atoms with Crippen molar-refractivity contribution in [1.82, 2.24) is 10.2 Å². The third kappa shape index (κ3) is 6.99. The Morgan fingerprint density at radius 2 is 1.88 bits per heavy atom. The molecule has 0 spiro atoms. The molecule has 0 bridgehead atoms. The normalized spacial score (nSPS) is 14.7. The van der Waals surface area contributed by atoms with Gasteiger partial charge in [-0.25, -0.2) is 4.39 Å². The van der Waals surface area contributed by atoms with E-state index in [1.54, 1.807) is 31.1 Å². The number of halogens is 1. The first-order valence-corrected chi connectivity index (χ1v) is 12.2. The Bertz CT molecular complexity index is 900. The van der Waals surface area contributed by atoms with Crippen LogP contribution in [0.2, 0.25) is 0 Å². The van der Waals surface area contributed by atoms with E-state index in [1.807, 2.05) is 24.3 Å². The Morgan fingerprint density at radius 3 is 2.56 bits per heavy atom. The van der Waals surface area contributed by atoms with Crippen LogP contribution in [0.4, 0.5) is 4.39 Å². The molecular weight excluding hydrogens is 427 g/mol. The van der Waals surface area contributed by atoms with Crippen molar-refractivity contribution < 1.29 is 18.7 Å². The summed E-state index contributed by atoms with van der Waals surface area (Å²) in [6.45, 7) is 2.11. The van der Waals surface area contributed by atoms with Gasteiger partial charge in [0.25, 0.3) is 0 Å². The number of nitrogens with zero attached hydrogens (tertiary/aromatic N) is 1. The number of carbonyl (C=O) groups excluding carboxylic acids is 2. The molecular formula is C25H31FN2O3S. The van der Waals surface area contributed by atoms with Crippen molar-refractivity contribution in [2.45, 2.75) is 57.0 Å². The minimum absolute atomic E-state index is 0.103. The van der Waals surface area contributed by atoms with Gasteiger partial charge in [0.1, 0.15) is 17.6 Å². The van der Waals surface area contributed by atoms with Crippen LogP contribution in [0.25, 0.3) is 0 Å². The van der Waals surface area contributed by atoms with E-state index < -0.39 is 6.04 Å². The summed E-state index contributed by atoms with van der Waals surface area (Å²) in [5, 5.41) is 3.11. The van der Waals surface area contributed by atoms with E-state index in [0.717, 1.165) is 36.8 Å². The number of hydrogen-bond acceptors (Lipinski definition) is 4. The van der Waals surface area contributed by atoms with Gasteiger partial charge in [0.2, 0.25) is 11.8 Å². The van der Waals surface area contributed by atoms with Gasteiger partial charge in [0.15, 0.2) is 0 Å². The molecule has 1 N–H and O–H groups in total. The van der Waals surface area contributed by atoms with Crippen molar-refractivity contribution in [3.8, 4) is 5.75 Å². The molecule has 5 nitrogen and oxygen atoms in total. The van der Waals surface area contributed by atoms with Crippen LogP contribution in [0.3, 0.4) is 0 Å². The van der Waals surface area contributed by atoms with E-state index in [2.05, 4.69) is 5.32 Å². The number of hydrogen-bond donors (Lipinski definition) is 1. The molecule has 2 aromatic carbocycles. The first kappa shape index (κ1) is 24.1. The predicted octanol–water partition coefficient (Wildman–Crippen LogP) is 4.54. The van der Waals surface area contributed by atoms with Crippen molar-refractivity contribution in [3.05, 3.63) is 65.5 Å². The van der Waals surface area contributed by atoms with E-state index in [9.17, 15) is 14.0 Å². The molecule has 1 atom stereocenters. The number of rotatable bonds is 10. The topological polar surface area (TPSA) is 58.6 Å². The number of benzene rings is 2. The second kappa shape index (κ2) is 11.9. The molecule has 1 aliphatic carbocycles. The molecule has 1 saturated carbocycles. The molecule has 0 aliphatic heterocycles. The highest BCUT2D eigenvalue weighted by molar-refractivity contribution is 7.99. The molecule has 1 fully saturated rings. The lowest BCUT2D eigenvalue weighted by molar-refractivity contribution is -0.138. The van der Waals surface area contributed by atoms with Gasteiger partial charge in [0, 0.05) is 18.3 Å². The van der Waals surface area contributed by atoms with Crippen molar-refractivity contribution in [2.24, 2.45) is 0 Å². The van der Waals surface area contributed by atoms with Crippen LogP contribution in [-0.2, 0) is 21.9 Å². The third-order valence-corrected chi connectivity index (χ3v) is 6.75. The second-order valence-electron chi connectivity index (χ2n) is 8.16. The monoisotopic (exact) mass is 458 g/mol. The van der Waals surface area contributed by atoms with Gasteiger partial charge in [-0.3, -0.25) is 9.59 Å². The summed E-state index contributed by atoms with van der Waals surface area (Å²) in [7, 11) is 1.60. The summed E-state index contributed by atoms with van der Waals surface area (Å²) in [5.74, 6) is 1.06. The molecule has 0 heterocycles. The van der Waals surface area contributed by atoms with Crippen molar-refractivity contribution >= 4 is 23.6 Å². The summed E-state index contributed by atoms with van der Waals surface area (Å²) in [4.78, 5) is 27.7. The smallest absolute Gasteiger partial charge is 0.242 e. The van der Waals surface area contributed by atoms with Gasteiger partial charge in [-0.15, -0.1) is 11.8 Å². The Balaban J connectivity index is 1.66. The molecule has 32 heavy (non-hydrogen) atoms. The van der Waals surface area contributed by atoms with Crippen LogP contribution >= 0.6 is 11.8 Å². The summed E-state index contributed by atoms with van der Waals surface area (Å²) < 4.78 is 18.4. The number of ether oxygens (including phenoxy) is 1. The predicted molar refractivity (Wildman–Crippen MR) is 126 cm³/mol. The van der Waals surface area contributed by atoms with Crippen molar-refractivity contribution in [1.29, 1.82) is 0 Å². The minimum Gasteiger partial charge on any atom is -0.497 e. The van der Waals surface area contributed by atoms with E-state index in [4.69, 9.17) is 4.74 Å². The number of carbonyl (C=O) groups is 2. The van der Waals surface area contributed by atoms with Gasteiger partial charge in [-0.2, -0.15) is 0 Å². The molecule has 0 radical (unpaired) electrons. The fourth-order valence-corrected chi connectivity index (χ4v) is 4.73. The van der Waals surface area contributed by atoms with Crippen LogP contribution < -0.4 is 10.1 Å². The maximum Gasteiger partial charge on any atom is 0.242 e. The number of thioether (sulfide) groups is 1. The average molecular weight is 459 g/mol. The average Bonchev–Trinajstić information content (AvgIpc) is 3.31. The van der Waals surface area contributed by atoms with Gasteiger partial charge in [-0.05, 0) is 55.2 Å². The minimum atomic E-state index is -0.583. The standard InChI is InChI=1S/C25H31FN2O3S/c1-18(25(30)27-22-7-3-4-8-22)28(15-20-6-5-9-23(14-20)31-2)24(29)17-32-16-19-10-12-21(26)13-11-19/h5-6,9-14,18,22H,3-4,7-8,15-17H2,1-2H3,(H,27,30). The van der Waals surface area contributed by atoms with Crippen LogP contribution in [0.15, 0.2) is 48.5 Å².